The number of halogens is 2. The number of aromatic amines is 1. The number of fused-ring (bicyclic) bond motifs is 4. The fourth-order valence-electron chi connectivity index (χ4n) is 5.26. The number of nitrogens with two attached hydrogens (primary N) is 1. The van der Waals surface area contributed by atoms with Crippen LogP contribution in [0, 0.1) is 11.2 Å². The largest absolute Gasteiger partial charge is 0.421 e. The van der Waals surface area contributed by atoms with Gasteiger partial charge in [0.2, 0.25) is 0 Å². The Bertz CT molecular complexity index is 1640. The molecule has 1 spiro atoms. The second-order valence-corrected chi connectivity index (χ2v) is 9.67. The predicted molar refractivity (Wildman–Crippen MR) is 131 cm³/mol. The zero-order valence-corrected chi connectivity index (χ0v) is 19.5. The quantitative estimate of drug-likeness (QED) is 0.346. The van der Waals surface area contributed by atoms with E-state index in [1.165, 1.54) is 6.07 Å². The van der Waals surface area contributed by atoms with Crippen molar-refractivity contribution < 1.29 is 9.13 Å². The lowest BCUT2D eigenvalue weighted by atomic mass is 9.60. The van der Waals surface area contributed by atoms with Crippen molar-refractivity contribution in [3.05, 3.63) is 41.6 Å². The molecule has 2 aliphatic rings. The van der Waals surface area contributed by atoms with E-state index in [2.05, 4.69) is 30.3 Å². The molecule has 0 amide bonds. The molecule has 5 heterocycles. The van der Waals surface area contributed by atoms with Crippen molar-refractivity contribution in [1.82, 2.24) is 29.5 Å². The maximum absolute atomic E-state index is 14.7. The number of hydrogen-bond donors (Lipinski definition) is 3. The second kappa shape index (κ2) is 7.15. The molecule has 0 unspecified atom stereocenters. The van der Waals surface area contributed by atoms with Crippen LogP contribution in [-0.2, 0) is 0 Å². The van der Waals surface area contributed by atoms with E-state index >= 15 is 0 Å². The Morgan fingerprint density at radius 1 is 1.31 bits per heavy atom. The Labute approximate surface area is 203 Å². The second-order valence-electron chi connectivity index (χ2n) is 9.29. The first kappa shape index (κ1) is 20.7. The molecule has 7 rings (SSSR count). The van der Waals surface area contributed by atoms with Crippen LogP contribution in [0.15, 0.2) is 30.7 Å². The van der Waals surface area contributed by atoms with Gasteiger partial charge in [0.25, 0.3) is 0 Å². The number of nitrogens with one attached hydrogen (secondary N) is 2. The van der Waals surface area contributed by atoms with Gasteiger partial charge in [-0.05, 0) is 12.8 Å². The summed E-state index contributed by atoms with van der Waals surface area (Å²) in [5.41, 5.74) is 8.83. The Morgan fingerprint density at radius 2 is 2.17 bits per heavy atom. The fraction of sp³-hybridized carbons (Fsp3) is 0.304. The number of ether oxygens (including phenoxy) is 1. The first-order valence-corrected chi connectivity index (χ1v) is 11.7. The predicted octanol–water partition coefficient (Wildman–Crippen LogP) is 3.71. The molecule has 1 aliphatic carbocycles. The van der Waals surface area contributed by atoms with Crippen LogP contribution >= 0.6 is 11.6 Å². The lowest BCUT2D eigenvalue weighted by Crippen LogP contribution is -2.69. The summed E-state index contributed by atoms with van der Waals surface area (Å²) in [6, 6.07) is 3.47. The van der Waals surface area contributed by atoms with E-state index in [1.807, 2.05) is 0 Å². The molecular weight excluding hydrogens is 473 g/mol. The number of benzene rings is 1. The zero-order chi connectivity index (χ0) is 23.9. The van der Waals surface area contributed by atoms with Crippen LogP contribution in [0.5, 0.6) is 11.8 Å². The number of H-pyrrole nitrogens is 1. The van der Waals surface area contributed by atoms with E-state index in [1.54, 1.807) is 36.2 Å². The van der Waals surface area contributed by atoms with Gasteiger partial charge in [0, 0.05) is 49.1 Å². The minimum Gasteiger partial charge on any atom is -0.421 e. The maximum Gasteiger partial charge on any atom is 0.326 e. The minimum absolute atomic E-state index is 0.0210. The van der Waals surface area contributed by atoms with E-state index in [0.717, 1.165) is 25.9 Å². The van der Waals surface area contributed by atoms with Crippen LogP contribution in [0.1, 0.15) is 12.8 Å². The highest BCUT2D eigenvalue weighted by Crippen LogP contribution is 2.50. The van der Waals surface area contributed by atoms with Crippen molar-refractivity contribution >= 4 is 50.7 Å². The molecule has 4 N–H and O–H groups in total. The minimum atomic E-state index is -0.518. The molecular formula is C23H21ClFN9O. The van der Waals surface area contributed by atoms with Crippen LogP contribution in [0.4, 0.5) is 15.9 Å². The highest BCUT2D eigenvalue weighted by Gasteiger charge is 2.54. The molecule has 12 heteroatoms. The molecule has 2 fully saturated rings. The third kappa shape index (κ3) is 2.91. The monoisotopic (exact) mass is 493 g/mol. The summed E-state index contributed by atoms with van der Waals surface area (Å²) in [5, 5.41) is 8.42. The zero-order valence-electron chi connectivity index (χ0n) is 18.7. The van der Waals surface area contributed by atoms with Crippen molar-refractivity contribution in [1.29, 1.82) is 0 Å². The standard InChI is InChI=1S/C23H21ClFN9O/c1-27-13-6-12(25)18(24)16-17-20(30-19(13)16)31-22(35-11-7-28-15-3-5-29-34(15)8-11)32-21(17)33-9-23(10-33)4-2-14(23)26/h3,5-8,14,27H,2,4,9-10,26H2,1H3,(H,30,31,32)/t14-/m0/s1. The van der Waals surface area contributed by atoms with E-state index in [9.17, 15) is 4.39 Å². The van der Waals surface area contributed by atoms with Crippen molar-refractivity contribution in [3.8, 4) is 11.8 Å². The molecule has 1 aromatic carbocycles. The van der Waals surface area contributed by atoms with Gasteiger partial charge >= 0.3 is 6.01 Å². The summed E-state index contributed by atoms with van der Waals surface area (Å²) in [6.07, 6.45) is 7.07. The summed E-state index contributed by atoms with van der Waals surface area (Å²) < 4.78 is 22.4. The number of anilines is 2. The Kier molecular flexibility index (Phi) is 4.22. The van der Waals surface area contributed by atoms with Crippen molar-refractivity contribution in [2.75, 3.05) is 30.4 Å². The molecule has 1 atom stereocenters. The van der Waals surface area contributed by atoms with Gasteiger partial charge in [0.05, 0.1) is 40.2 Å². The molecule has 35 heavy (non-hydrogen) atoms. The van der Waals surface area contributed by atoms with E-state index in [0.29, 0.717) is 44.8 Å². The Morgan fingerprint density at radius 3 is 2.91 bits per heavy atom. The van der Waals surface area contributed by atoms with Crippen molar-refractivity contribution in [2.24, 2.45) is 11.1 Å². The van der Waals surface area contributed by atoms with Gasteiger partial charge in [-0.25, -0.2) is 13.9 Å². The smallest absolute Gasteiger partial charge is 0.326 e. The molecule has 1 saturated carbocycles. The van der Waals surface area contributed by atoms with Crippen LogP contribution < -0.4 is 20.7 Å². The third-order valence-electron chi connectivity index (χ3n) is 7.33. The molecule has 10 nitrogen and oxygen atoms in total. The van der Waals surface area contributed by atoms with Gasteiger partial charge in [0.1, 0.15) is 17.3 Å². The van der Waals surface area contributed by atoms with Gasteiger partial charge in [-0.15, -0.1) is 0 Å². The van der Waals surface area contributed by atoms with Crippen LogP contribution in [-0.4, -0.2) is 55.7 Å². The van der Waals surface area contributed by atoms with Gasteiger partial charge in [-0.3, -0.25) is 0 Å². The van der Waals surface area contributed by atoms with Gasteiger partial charge in [-0.2, -0.15) is 15.1 Å². The summed E-state index contributed by atoms with van der Waals surface area (Å²) in [4.78, 5) is 19.1. The fourth-order valence-corrected chi connectivity index (χ4v) is 5.50. The molecule has 0 radical (unpaired) electrons. The number of aromatic nitrogens is 6. The van der Waals surface area contributed by atoms with Crippen LogP contribution in [0.2, 0.25) is 5.02 Å². The molecule has 5 aromatic rings. The lowest BCUT2D eigenvalue weighted by Gasteiger charge is -2.60. The molecule has 178 valence electrons. The van der Waals surface area contributed by atoms with Gasteiger partial charge < -0.3 is 25.7 Å². The van der Waals surface area contributed by atoms with Crippen molar-refractivity contribution in [2.45, 2.75) is 18.9 Å². The molecule has 1 saturated heterocycles. The highest BCUT2D eigenvalue weighted by molar-refractivity contribution is 6.39. The third-order valence-corrected chi connectivity index (χ3v) is 7.70. The van der Waals surface area contributed by atoms with Crippen LogP contribution in [0.25, 0.3) is 27.6 Å². The summed E-state index contributed by atoms with van der Waals surface area (Å²) in [7, 11) is 1.73. The average Bonchev–Trinajstić information content (AvgIpc) is 3.44. The normalized spacial score (nSPS) is 18.9. The van der Waals surface area contributed by atoms with Crippen LogP contribution in [0.3, 0.4) is 0 Å². The van der Waals surface area contributed by atoms with Gasteiger partial charge in [-0.1, -0.05) is 11.6 Å². The highest BCUT2D eigenvalue weighted by atomic mass is 35.5. The summed E-state index contributed by atoms with van der Waals surface area (Å²) >= 11 is 6.48. The topological polar surface area (TPSA) is 122 Å². The number of rotatable bonds is 4. The first-order chi connectivity index (χ1) is 17.0. The lowest BCUT2D eigenvalue weighted by molar-refractivity contribution is 0.0559. The van der Waals surface area contributed by atoms with Crippen molar-refractivity contribution in [3.63, 3.8) is 0 Å². The first-order valence-electron chi connectivity index (χ1n) is 11.3. The molecule has 0 bridgehead atoms. The molecule has 4 aromatic heterocycles. The van der Waals surface area contributed by atoms with E-state index < -0.39 is 5.82 Å². The van der Waals surface area contributed by atoms with E-state index in [-0.39, 0.29) is 22.5 Å². The van der Waals surface area contributed by atoms with E-state index in [4.69, 9.17) is 27.1 Å². The maximum atomic E-state index is 14.7. The Hall–Kier alpha value is -3.70. The van der Waals surface area contributed by atoms with Gasteiger partial charge in [0.15, 0.2) is 11.4 Å². The SMILES string of the molecule is CNc1cc(F)c(Cl)c2c1[nH]c1nc(Oc3cnc4ccnn4c3)nc(N3CC4(CC[C@@H]4N)C3)c12. The summed E-state index contributed by atoms with van der Waals surface area (Å²) in [5.74, 6) is 0.544. The Balaban J connectivity index is 1.40. The molecule has 1 aliphatic heterocycles. The average molecular weight is 494 g/mol. The number of hydrogen-bond acceptors (Lipinski definition) is 8. The number of nitrogens with zero attached hydrogens (tertiary/aromatic N) is 6. The summed E-state index contributed by atoms with van der Waals surface area (Å²) in [6.45, 7) is 1.53.